The van der Waals surface area contributed by atoms with Gasteiger partial charge in [-0.25, -0.2) is 27.2 Å². The van der Waals surface area contributed by atoms with E-state index < -0.39 is 39.3 Å². The Hall–Kier alpha value is -3.48. The van der Waals surface area contributed by atoms with E-state index in [1.54, 1.807) is 24.8 Å². The Morgan fingerprint density at radius 2 is 1.71 bits per heavy atom. The molecule has 1 unspecified atom stereocenters. The minimum Gasteiger partial charge on any atom is -0.489 e. The SMILES string of the molecule is CCN(CC1CCCC1)c1c(F)cc(F)cc1CN(c1ncc(OCCS(C)(=O)=O)cn1)C(C)c1cc(C)cc(C(F)(F)F)c1. The normalized spacial score (nSPS) is 14.9. The minimum atomic E-state index is -4.58. The standard InChI is InChI=1S/C32H39F5N4O3S/c1-5-40(19-23-8-6-7-9-23)30-25(15-27(33)16-29(30)34)20-41(22(3)24-12-21(2)13-26(14-24)32(35,36)37)31-38-17-28(18-39-31)44-10-11-45(4,42)43/h12-18,22-23H,5-11,19-20H2,1-4H3. The van der Waals surface area contributed by atoms with Crippen LogP contribution in [-0.4, -0.2) is 50.1 Å². The molecule has 1 aliphatic carbocycles. The number of ether oxygens (including phenoxy) is 1. The molecule has 0 bridgehead atoms. The average Bonchev–Trinajstić information content (AvgIpc) is 3.47. The monoisotopic (exact) mass is 654 g/mol. The van der Waals surface area contributed by atoms with Gasteiger partial charge in [0.05, 0.1) is 35.4 Å². The van der Waals surface area contributed by atoms with Crippen molar-refractivity contribution in [3.8, 4) is 5.75 Å². The molecule has 0 amide bonds. The predicted octanol–water partition coefficient (Wildman–Crippen LogP) is 7.29. The third-order valence-corrected chi connectivity index (χ3v) is 8.98. The summed E-state index contributed by atoms with van der Waals surface area (Å²) >= 11 is 0. The lowest BCUT2D eigenvalue weighted by molar-refractivity contribution is -0.137. The van der Waals surface area contributed by atoms with Crippen LogP contribution >= 0.6 is 0 Å². The van der Waals surface area contributed by atoms with Crippen molar-refractivity contribution < 1.29 is 35.1 Å². The smallest absolute Gasteiger partial charge is 0.416 e. The van der Waals surface area contributed by atoms with E-state index in [1.807, 2.05) is 11.8 Å². The number of halogens is 5. The van der Waals surface area contributed by atoms with Gasteiger partial charge in [-0.3, -0.25) is 0 Å². The molecule has 0 radical (unpaired) electrons. The van der Waals surface area contributed by atoms with Crippen LogP contribution in [0.25, 0.3) is 0 Å². The molecule has 3 aromatic rings. The summed E-state index contributed by atoms with van der Waals surface area (Å²) in [5, 5.41) is 0. The molecule has 1 aliphatic rings. The highest BCUT2D eigenvalue weighted by atomic mass is 32.2. The molecule has 7 nitrogen and oxygen atoms in total. The van der Waals surface area contributed by atoms with Gasteiger partial charge in [-0.05, 0) is 63.3 Å². The van der Waals surface area contributed by atoms with Gasteiger partial charge in [0.2, 0.25) is 5.95 Å². The Morgan fingerprint density at radius 1 is 1.04 bits per heavy atom. The van der Waals surface area contributed by atoms with Crippen LogP contribution in [0.3, 0.4) is 0 Å². The summed E-state index contributed by atoms with van der Waals surface area (Å²) in [4.78, 5) is 12.2. The molecule has 45 heavy (non-hydrogen) atoms. The fourth-order valence-corrected chi connectivity index (χ4v) is 6.17. The number of anilines is 2. The quantitative estimate of drug-likeness (QED) is 0.179. The molecular formula is C32H39F5N4O3S. The predicted molar refractivity (Wildman–Crippen MR) is 164 cm³/mol. The maximum Gasteiger partial charge on any atom is 0.416 e. The van der Waals surface area contributed by atoms with Gasteiger partial charge in [0.1, 0.15) is 18.2 Å². The molecule has 4 rings (SSSR count). The van der Waals surface area contributed by atoms with Crippen molar-refractivity contribution in [2.45, 2.75) is 65.2 Å². The zero-order valence-electron chi connectivity index (χ0n) is 25.9. The number of rotatable bonds is 13. The van der Waals surface area contributed by atoms with E-state index in [4.69, 9.17) is 4.74 Å². The number of sulfone groups is 1. The number of hydrogen-bond acceptors (Lipinski definition) is 7. The number of hydrogen-bond donors (Lipinski definition) is 0. The van der Waals surface area contributed by atoms with Crippen LogP contribution in [0.4, 0.5) is 33.6 Å². The average molecular weight is 655 g/mol. The molecule has 246 valence electrons. The van der Waals surface area contributed by atoms with E-state index in [0.717, 1.165) is 50.1 Å². The van der Waals surface area contributed by atoms with Crippen molar-refractivity contribution >= 4 is 21.5 Å². The van der Waals surface area contributed by atoms with Crippen molar-refractivity contribution in [1.29, 1.82) is 0 Å². The molecule has 0 N–H and O–H groups in total. The summed E-state index contributed by atoms with van der Waals surface area (Å²) in [6, 6.07) is 5.07. The van der Waals surface area contributed by atoms with Crippen LogP contribution in [-0.2, 0) is 22.6 Å². The Bertz CT molecular complexity index is 1560. The lowest BCUT2D eigenvalue weighted by Crippen LogP contribution is -2.33. The Kier molecular flexibility index (Phi) is 10.9. The molecule has 1 saturated carbocycles. The number of benzene rings is 2. The number of aromatic nitrogens is 2. The van der Waals surface area contributed by atoms with Gasteiger partial charge in [-0.15, -0.1) is 0 Å². The zero-order valence-corrected chi connectivity index (χ0v) is 26.7. The molecular weight excluding hydrogens is 615 g/mol. The second-order valence-electron chi connectivity index (χ2n) is 11.7. The molecule has 1 fully saturated rings. The number of nitrogens with zero attached hydrogens (tertiary/aromatic N) is 4. The van der Waals surface area contributed by atoms with E-state index in [0.29, 0.717) is 35.7 Å². The van der Waals surface area contributed by atoms with E-state index >= 15 is 4.39 Å². The molecule has 0 aliphatic heterocycles. The maximum absolute atomic E-state index is 15.6. The van der Waals surface area contributed by atoms with Crippen molar-refractivity contribution in [3.05, 3.63) is 76.6 Å². The molecule has 1 atom stereocenters. The summed E-state index contributed by atoms with van der Waals surface area (Å²) in [7, 11) is -3.26. The van der Waals surface area contributed by atoms with Crippen molar-refractivity contribution in [2.75, 3.05) is 41.5 Å². The lowest BCUT2D eigenvalue weighted by Gasteiger charge is -2.34. The van der Waals surface area contributed by atoms with E-state index in [-0.39, 0.29) is 36.3 Å². The van der Waals surface area contributed by atoms with Crippen LogP contribution in [0.15, 0.2) is 42.7 Å². The van der Waals surface area contributed by atoms with Crippen LogP contribution in [0.5, 0.6) is 5.75 Å². The van der Waals surface area contributed by atoms with Gasteiger partial charge in [0.25, 0.3) is 0 Å². The van der Waals surface area contributed by atoms with Crippen LogP contribution < -0.4 is 14.5 Å². The Balaban J connectivity index is 1.75. The molecule has 1 aromatic heterocycles. The lowest BCUT2D eigenvalue weighted by atomic mass is 9.99. The van der Waals surface area contributed by atoms with Crippen LogP contribution in [0.2, 0.25) is 0 Å². The fraction of sp³-hybridized carbons (Fsp3) is 0.500. The van der Waals surface area contributed by atoms with Gasteiger partial charge in [-0.2, -0.15) is 13.2 Å². The summed E-state index contributed by atoms with van der Waals surface area (Å²) in [5.74, 6) is -1.05. The van der Waals surface area contributed by atoms with Gasteiger partial charge in [-0.1, -0.05) is 24.5 Å². The number of alkyl halides is 3. The first-order valence-electron chi connectivity index (χ1n) is 15.0. The molecule has 2 aromatic carbocycles. The summed E-state index contributed by atoms with van der Waals surface area (Å²) in [6.07, 6.45) is 3.43. The first-order chi connectivity index (χ1) is 21.1. The van der Waals surface area contributed by atoms with Gasteiger partial charge < -0.3 is 14.5 Å². The van der Waals surface area contributed by atoms with E-state index in [9.17, 15) is 26.0 Å². The third kappa shape index (κ3) is 9.27. The van der Waals surface area contributed by atoms with Crippen LogP contribution in [0.1, 0.15) is 67.8 Å². The number of aryl methyl sites for hydroxylation is 1. The van der Waals surface area contributed by atoms with Crippen molar-refractivity contribution in [3.63, 3.8) is 0 Å². The molecule has 0 spiro atoms. The zero-order chi connectivity index (χ0) is 32.9. The highest BCUT2D eigenvalue weighted by Crippen LogP contribution is 2.37. The van der Waals surface area contributed by atoms with E-state index in [1.165, 1.54) is 18.5 Å². The highest BCUT2D eigenvalue weighted by Gasteiger charge is 2.32. The second kappa shape index (κ2) is 14.3. The van der Waals surface area contributed by atoms with Crippen molar-refractivity contribution in [1.82, 2.24) is 9.97 Å². The largest absolute Gasteiger partial charge is 0.489 e. The first-order valence-corrected chi connectivity index (χ1v) is 17.0. The Morgan fingerprint density at radius 3 is 2.31 bits per heavy atom. The molecule has 1 heterocycles. The third-order valence-electron chi connectivity index (χ3n) is 8.07. The topological polar surface area (TPSA) is 75.6 Å². The fourth-order valence-electron chi connectivity index (χ4n) is 5.78. The van der Waals surface area contributed by atoms with E-state index in [2.05, 4.69) is 9.97 Å². The van der Waals surface area contributed by atoms with Crippen molar-refractivity contribution in [2.24, 2.45) is 5.92 Å². The van der Waals surface area contributed by atoms with Gasteiger partial charge >= 0.3 is 6.18 Å². The second-order valence-corrected chi connectivity index (χ2v) is 14.0. The minimum absolute atomic E-state index is 0.0856. The van der Waals surface area contributed by atoms with Crippen LogP contribution in [0, 0.1) is 24.5 Å². The maximum atomic E-state index is 15.6. The first kappa shape index (κ1) is 34.4. The Labute approximate surface area is 261 Å². The molecule has 0 saturated heterocycles. The summed E-state index contributed by atoms with van der Waals surface area (Å²) in [5.41, 5.74) is 0.444. The summed E-state index contributed by atoms with van der Waals surface area (Å²) in [6.45, 7) is 5.99. The van der Waals surface area contributed by atoms with Gasteiger partial charge in [0, 0.05) is 37.5 Å². The highest BCUT2D eigenvalue weighted by molar-refractivity contribution is 7.90. The molecule has 13 heteroatoms. The summed E-state index contributed by atoms with van der Waals surface area (Å²) < 4.78 is 100.0. The van der Waals surface area contributed by atoms with Gasteiger partial charge in [0.15, 0.2) is 15.6 Å².